The molecule has 0 atom stereocenters. The first-order valence-electron chi connectivity index (χ1n) is 8.39. The van der Waals surface area contributed by atoms with Crippen LogP contribution in [0.4, 0.5) is 4.79 Å². The van der Waals surface area contributed by atoms with E-state index in [1.165, 1.54) is 20.3 Å². The van der Waals surface area contributed by atoms with Crippen molar-refractivity contribution in [2.24, 2.45) is 0 Å². The summed E-state index contributed by atoms with van der Waals surface area (Å²) >= 11 is 7.04. The van der Waals surface area contributed by atoms with E-state index in [9.17, 15) is 14.4 Å². The number of nitrogens with zero attached hydrogens (tertiary/aromatic N) is 2. The van der Waals surface area contributed by atoms with Gasteiger partial charge in [0.2, 0.25) is 5.91 Å². The van der Waals surface area contributed by atoms with E-state index in [4.69, 9.17) is 21.1 Å². The van der Waals surface area contributed by atoms with Crippen LogP contribution in [0.1, 0.15) is 18.4 Å². The highest BCUT2D eigenvalue weighted by molar-refractivity contribution is 8.18. The van der Waals surface area contributed by atoms with Crippen LogP contribution in [0.3, 0.4) is 0 Å². The number of methoxy groups -OCH3 is 2. The van der Waals surface area contributed by atoms with Gasteiger partial charge in [-0.25, -0.2) is 0 Å². The Hall–Kier alpha value is -2.19. The van der Waals surface area contributed by atoms with E-state index in [-0.39, 0.29) is 17.4 Å². The summed E-state index contributed by atoms with van der Waals surface area (Å²) in [6.07, 6.45) is 3.42. The standard InChI is InChI=1S/C18H19ClN2O5S/c1-25-13-7-11(12(19)9-14(13)26-2)8-15-17(23)21(18(24)27-15)10-16(22)20-5-3-4-6-20/h7-9H,3-6,10H2,1-2H3/b15-8-. The number of ether oxygens (including phenoxy) is 2. The molecule has 0 aliphatic carbocycles. The summed E-state index contributed by atoms with van der Waals surface area (Å²) in [5.74, 6) is 0.212. The van der Waals surface area contributed by atoms with Gasteiger partial charge in [-0.3, -0.25) is 19.3 Å². The molecule has 1 aromatic rings. The maximum Gasteiger partial charge on any atom is 0.294 e. The lowest BCUT2D eigenvalue weighted by atomic mass is 10.1. The molecule has 0 N–H and O–H groups in total. The van der Waals surface area contributed by atoms with Crippen LogP contribution in [0.15, 0.2) is 17.0 Å². The molecule has 0 bridgehead atoms. The maximum atomic E-state index is 12.6. The van der Waals surface area contributed by atoms with Gasteiger partial charge in [-0.1, -0.05) is 11.6 Å². The highest BCUT2D eigenvalue weighted by atomic mass is 35.5. The molecule has 0 saturated carbocycles. The molecule has 2 aliphatic heterocycles. The fourth-order valence-corrected chi connectivity index (χ4v) is 4.00. The summed E-state index contributed by atoms with van der Waals surface area (Å²) in [4.78, 5) is 40.0. The quantitative estimate of drug-likeness (QED) is 0.694. The number of rotatable bonds is 5. The van der Waals surface area contributed by atoms with E-state index in [1.807, 2.05) is 0 Å². The van der Waals surface area contributed by atoms with Crippen LogP contribution in [0.5, 0.6) is 11.5 Å². The first-order chi connectivity index (χ1) is 12.9. The Kier molecular flexibility index (Phi) is 5.96. The SMILES string of the molecule is COc1cc(Cl)c(/C=C2\SC(=O)N(CC(=O)N3CCCC3)C2=O)cc1OC. The Bertz CT molecular complexity index is 820. The molecule has 9 heteroatoms. The number of likely N-dealkylation sites (tertiary alicyclic amines) is 1. The Morgan fingerprint density at radius 1 is 1.19 bits per heavy atom. The second kappa shape index (κ2) is 8.22. The van der Waals surface area contributed by atoms with Crippen LogP contribution in [-0.4, -0.2) is 60.7 Å². The molecule has 1 aromatic carbocycles. The number of carbonyl (C=O) groups excluding carboxylic acids is 3. The zero-order valence-corrected chi connectivity index (χ0v) is 16.6. The minimum atomic E-state index is -0.497. The van der Waals surface area contributed by atoms with Crippen molar-refractivity contribution in [2.75, 3.05) is 33.9 Å². The van der Waals surface area contributed by atoms with Crippen molar-refractivity contribution in [2.45, 2.75) is 12.8 Å². The molecule has 2 aliphatic rings. The van der Waals surface area contributed by atoms with Crippen molar-refractivity contribution in [3.63, 3.8) is 0 Å². The van der Waals surface area contributed by atoms with Gasteiger partial charge in [-0.2, -0.15) is 0 Å². The molecular formula is C18H19ClN2O5S. The van der Waals surface area contributed by atoms with Crippen LogP contribution in [0.2, 0.25) is 5.02 Å². The van der Waals surface area contributed by atoms with Gasteiger partial charge < -0.3 is 14.4 Å². The zero-order valence-electron chi connectivity index (χ0n) is 15.0. The highest BCUT2D eigenvalue weighted by Gasteiger charge is 2.37. The third-order valence-corrected chi connectivity index (χ3v) is 5.65. The Labute approximate surface area is 166 Å². The molecule has 2 fully saturated rings. The summed E-state index contributed by atoms with van der Waals surface area (Å²) in [7, 11) is 2.99. The van der Waals surface area contributed by atoms with Gasteiger partial charge in [0.15, 0.2) is 11.5 Å². The molecule has 2 saturated heterocycles. The lowest BCUT2D eigenvalue weighted by Gasteiger charge is -2.18. The number of hydrogen-bond acceptors (Lipinski definition) is 6. The second-order valence-electron chi connectivity index (χ2n) is 6.08. The fraction of sp³-hybridized carbons (Fsp3) is 0.389. The van der Waals surface area contributed by atoms with Crippen LogP contribution < -0.4 is 9.47 Å². The summed E-state index contributed by atoms with van der Waals surface area (Å²) in [5, 5.41) is -0.108. The van der Waals surface area contributed by atoms with Gasteiger partial charge >= 0.3 is 0 Å². The predicted molar refractivity (Wildman–Crippen MR) is 103 cm³/mol. The van der Waals surface area contributed by atoms with Crippen molar-refractivity contribution in [3.05, 3.63) is 27.6 Å². The molecule has 0 spiro atoms. The van der Waals surface area contributed by atoms with Crippen molar-refractivity contribution >= 4 is 46.5 Å². The average molecular weight is 411 g/mol. The van der Waals surface area contributed by atoms with Gasteiger partial charge in [-0.05, 0) is 42.3 Å². The molecule has 0 unspecified atom stereocenters. The number of benzene rings is 1. The number of hydrogen-bond donors (Lipinski definition) is 0. The third-order valence-electron chi connectivity index (χ3n) is 4.42. The topological polar surface area (TPSA) is 76.2 Å². The molecule has 144 valence electrons. The molecular weight excluding hydrogens is 392 g/mol. The normalized spacial score (nSPS) is 18.6. The molecule has 27 heavy (non-hydrogen) atoms. The first-order valence-corrected chi connectivity index (χ1v) is 9.58. The Morgan fingerprint density at radius 3 is 2.44 bits per heavy atom. The number of carbonyl (C=O) groups is 3. The second-order valence-corrected chi connectivity index (χ2v) is 7.48. The van der Waals surface area contributed by atoms with Gasteiger partial charge in [0.05, 0.1) is 24.1 Å². The smallest absolute Gasteiger partial charge is 0.294 e. The zero-order chi connectivity index (χ0) is 19.6. The number of halogens is 1. The molecule has 3 amide bonds. The average Bonchev–Trinajstić information content (AvgIpc) is 3.28. The van der Waals surface area contributed by atoms with E-state index >= 15 is 0 Å². The van der Waals surface area contributed by atoms with Crippen molar-refractivity contribution in [1.29, 1.82) is 0 Å². The van der Waals surface area contributed by atoms with Gasteiger partial charge in [0.1, 0.15) is 6.54 Å². The predicted octanol–water partition coefficient (Wildman–Crippen LogP) is 3.02. The molecule has 3 rings (SSSR count). The van der Waals surface area contributed by atoms with Gasteiger partial charge in [0.25, 0.3) is 11.1 Å². The monoisotopic (exact) mass is 410 g/mol. The third kappa shape index (κ3) is 4.06. The van der Waals surface area contributed by atoms with Gasteiger partial charge in [0, 0.05) is 19.2 Å². The van der Waals surface area contributed by atoms with Gasteiger partial charge in [-0.15, -0.1) is 0 Å². The molecule has 0 radical (unpaired) electrons. The van der Waals surface area contributed by atoms with E-state index in [1.54, 1.807) is 17.0 Å². The lowest BCUT2D eigenvalue weighted by molar-refractivity contribution is -0.135. The van der Waals surface area contributed by atoms with Crippen molar-refractivity contribution in [1.82, 2.24) is 9.80 Å². The maximum absolute atomic E-state index is 12.6. The number of thioether (sulfide) groups is 1. The molecule has 7 nitrogen and oxygen atoms in total. The van der Waals surface area contributed by atoms with Crippen LogP contribution in [0, 0.1) is 0 Å². The van der Waals surface area contributed by atoms with E-state index < -0.39 is 11.1 Å². The van der Waals surface area contributed by atoms with Crippen molar-refractivity contribution < 1.29 is 23.9 Å². The highest BCUT2D eigenvalue weighted by Crippen LogP contribution is 2.37. The summed E-state index contributed by atoms with van der Waals surface area (Å²) in [5.41, 5.74) is 0.519. The summed E-state index contributed by atoms with van der Waals surface area (Å²) < 4.78 is 10.4. The van der Waals surface area contributed by atoms with E-state index in [0.29, 0.717) is 35.2 Å². The number of amides is 3. The summed E-state index contributed by atoms with van der Waals surface area (Å²) in [6.45, 7) is 1.11. The largest absolute Gasteiger partial charge is 0.493 e. The number of imide groups is 1. The van der Waals surface area contributed by atoms with E-state index in [0.717, 1.165) is 29.5 Å². The Balaban J connectivity index is 1.81. The molecule has 2 heterocycles. The lowest BCUT2D eigenvalue weighted by Crippen LogP contribution is -2.40. The van der Waals surface area contributed by atoms with Crippen LogP contribution in [0.25, 0.3) is 6.08 Å². The fourth-order valence-electron chi connectivity index (χ4n) is 2.96. The Morgan fingerprint density at radius 2 is 1.81 bits per heavy atom. The minimum Gasteiger partial charge on any atom is -0.493 e. The minimum absolute atomic E-state index is 0.208. The molecule has 0 aromatic heterocycles. The summed E-state index contributed by atoms with van der Waals surface area (Å²) in [6, 6.07) is 3.21. The first kappa shape index (κ1) is 19.6. The van der Waals surface area contributed by atoms with Crippen LogP contribution >= 0.6 is 23.4 Å². The van der Waals surface area contributed by atoms with Crippen molar-refractivity contribution in [3.8, 4) is 11.5 Å². The van der Waals surface area contributed by atoms with Crippen LogP contribution in [-0.2, 0) is 9.59 Å². The van der Waals surface area contributed by atoms with E-state index in [2.05, 4.69) is 0 Å².